The van der Waals surface area contributed by atoms with E-state index in [1.54, 1.807) is 19.2 Å². The zero-order chi connectivity index (χ0) is 13.2. The van der Waals surface area contributed by atoms with Crippen molar-refractivity contribution >= 4 is 11.7 Å². The Hall–Kier alpha value is -1.69. The highest BCUT2D eigenvalue weighted by Gasteiger charge is 2.28. The highest BCUT2D eigenvalue weighted by Crippen LogP contribution is 2.24. The first-order valence-electron chi connectivity index (χ1n) is 6.05. The maximum Gasteiger partial charge on any atom is 0.271 e. The van der Waals surface area contributed by atoms with E-state index in [4.69, 9.17) is 0 Å². The molecular weight excluding hydrogens is 232 g/mol. The number of amides is 1. The number of carbonyl (C=O) groups is 1. The third kappa shape index (κ3) is 2.76. The maximum atomic E-state index is 11.3. The van der Waals surface area contributed by atoms with Gasteiger partial charge in [-0.2, -0.15) is 0 Å². The normalized spacial score (nSPS) is 18.5. The number of aliphatic hydroxyl groups is 1. The monoisotopic (exact) mass is 250 g/mol. The van der Waals surface area contributed by atoms with Crippen LogP contribution in [-0.2, 0) is 0 Å². The van der Waals surface area contributed by atoms with E-state index in [9.17, 15) is 9.90 Å². The standard InChI is InChI=1S/C12H18N4O2/c1-12(18)5-7-16(8-6-12)10-4-3-9(14-15-10)11(17)13-2/h3-4,18H,5-8H2,1-2H3,(H,13,17). The second kappa shape index (κ2) is 4.89. The van der Waals surface area contributed by atoms with Crippen LogP contribution in [0.25, 0.3) is 0 Å². The lowest BCUT2D eigenvalue weighted by Gasteiger charge is -2.36. The fourth-order valence-corrected chi connectivity index (χ4v) is 1.96. The Bertz CT molecular complexity index is 420. The lowest BCUT2D eigenvalue weighted by atomic mass is 9.94. The number of hydrogen-bond donors (Lipinski definition) is 2. The molecule has 2 N–H and O–H groups in total. The summed E-state index contributed by atoms with van der Waals surface area (Å²) in [6.07, 6.45) is 1.43. The molecule has 0 saturated carbocycles. The molecule has 0 aliphatic carbocycles. The molecule has 1 saturated heterocycles. The van der Waals surface area contributed by atoms with Crippen LogP contribution in [0, 0.1) is 0 Å². The number of aromatic nitrogens is 2. The molecule has 98 valence electrons. The molecule has 2 rings (SSSR count). The van der Waals surface area contributed by atoms with Gasteiger partial charge in [0.2, 0.25) is 0 Å². The van der Waals surface area contributed by atoms with E-state index in [2.05, 4.69) is 20.4 Å². The number of carbonyl (C=O) groups excluding carboxylic acids is 1. The molecule has 1 fully saturated rings. The third-order valence-corrected chi connectivity index (χ3v) is 3.27. The maximum absolute atomic E-state index is 11.3. The Morgan fingerprint density at radius 2 is 2.06 bits per heavy atom. The molecule has 0 atom stereocenters. The molecule has 0 aromatic carbocycles. The summed E-state index contributed by atoms with van der Waals surface area (Å²) >= 11 is 0. The van der Waals surface area contributed by atoms with Crippen LogP contribution < -0.4 is 10.2 Å². The minimum absolute atomic E-state index is 0.240. The van der Waals surface area contributed by atoms with Crippen LogP contribution in [0.2, 0.25) is 0 Å². The Labute approximate surface area is 106 Å². The summed E-state index contributed by atoms with van der Waals surface area (Å²) in [5.74, 6) is 0.508. The lowest BCUT2D eigenvalue weighted by molar-refractivity contribution is 0.0350. The average molecular weight is 250 g/mol. The molecule has 1 aromatic rings. The van der Waals surface area contributed by atoms with Crippen LogP contribution in [0.1, 0.15) is 30.3 Å². The van der Waals surface area contributed by atoms with E-state index in [0.717, 1.165) is 18.9 Å². The smallest absolute Gasteiger partial charge is 0.271 e. The molecular formula is C12H18N4O2. The van der Waals surface area contributed by atoms with Gasteiger partial charge in [0.1, 0.15) is 0 Å². The van der Waals surface area contributed by atoms with E-state index in [-0.39, 0.29) is 5.91 Å². The topological polar surface area (TPSA) is 78.4 Å². The molecule has 1 aromatic heterocycles. The Morgan fingerprint density at radius 3 is 2.56 bits per heavy atom. The summed E-state index contributed by atoms with van der Waals surface area (Å²) in [7, 11) is 1.56. The fraction of sp³-hybridized carbons (Fsp3) is 0.583. The first-order valence-corrected chi connectivity index (χ1v) is 6.05. The third-order valence-electron chi connectivity index (χ3n) is 3.27. The number of anilines is 1. The van der Waals surface area contributed by atoms with E-state index >= 15 is 0 Å². The molecule has 6 nitrogen and oxygen atoms in total. The first kappa shape index (κ1) is 12.8. The van der Waals surface area contributed by atoms with Crippen molar-refractivity contribution in [3.05, 3.63) is 17.8 Å². The summed E-state index contributed by atoms with van der Waals surface area (Å²) in [6.45, 7) is 3.35. The summed E-state index contributed by atoms with van der Waals surface area (Å²) in [5, 5.41) is 20.3. The van der Waals surface area contributed by atoms with Gasteiger partial charge in [0.05, 0.1) is 5.60 Å². The molecule has 0 spiro atoms. The molecule has 1 amide bonds. The number of piperidine rings is 1. The highest BCUT2D eigenvalue weighted by atomic mass is 16.3. The van der Waals surface area contributed by atoms with Gasteiger partial charge in [0, 0.05) is 20.1 Å². The van der Waals surface area contributed by atoms with Crippen LogP contribution in [0.5, 0.6) is 0 Å². The molecule has 18 heavy (non-hydrogen) atoms. The number of rotatable bonds is 2. The van der Waals surface area contributed by atoms with Gasteiger partial charge in [-0.25, -0.2) is 0 Å². The van der Waals surface area contributed by atoms with Gasteiger partial charge in [-0.15, -0.1) is 10.2 Å². The summed E-state index contributed by atoms with van der Waals surface area (Å²) in [4.78, 5) is 13.4. The minimum Gasteiger partial charge on any atom is -0.390 e. The van der Waals surface area contributed by atoms with Crippen LogP contribution in [0.4, 0.5) is 5.82 Å². The van der Waals surface area contributed by atoms with Gasteiger partial charge in [-0.3, -0.25) is 4.79 Å². The van der Waals surface area contributed by atoms with E-state index < -0.39 is 5.60 Å². The van der Waals surface area contributed by atoms with Crippen LogP contribution in [0.3, 0.4) is 0 Å². The number of nitrogens with zero attached hydrogens (tertiary/aromatic N) is 3. The van der Waals surface area contributed by atoms with E-state index in [1.807, 2.05) is 6.92 Å². The van der Waals surface area contributed by atoms with Gasteiger partial charge < -0.3 is 15.3 Å². The lowest BCUT2D eigenvalue weighted by Crippen LogP contribution is -2.42. The van der Waals surface area contributed by atoms with Crippen molar-refractivity contribution < 1.29 is 9.90 Å². The fourth-order valence-electron chi connectivity index (χ4n) is 1.96. The Balaban J connectivity index is 2.04. The van der Waals surface area contributed by atoms with Gasteiger partial charge in [0.25, 0.3) is 5.91 Å². The van der Waals surface area contributed by atoms with Gasteiger partial charge in [-0.05, 0) is 31.9 Å². The molecule has 0 unspecified atom stereocenters. The van der Waals surface area contributed by atoms with Crippen LogP contribution in [-0.4, -0.2) is 46.9 Å². The van der Waals surface area contributed by atoms with E-state index in [0.29, 0.717) is 18.5 Å². The van der Waals surface area contributed by atoms with Gasteiger partial charge in [0.15, 0.2) is 11.5 Å². The largest absolute Gasteiger partial charge is 0.390 e. The molecule has 0 bridgehead atoms. The molecule has 1 aliphatic rings. The number of nitrogens with one attached hydrogen (secondary N) is 1. The predicted octanol–water partition coefficient (Wildman–Crippen LogP) is 0.187. The molecule has 1 aliphatic heterocycles. The van der Waals surface area contributed by atoms with Gasteiger partial charge in [-0.1, -0.05) is 0 Å². The second-order valence-corrected chi connectivity index (χ2v) is 4.84. The SMILES string of the molecule is CNC(=O)c1ccc(N2CCC(C)(O)CC2)nn1. The zero-order valence-corrected chi connectivity index (χ0v) is 10.7. The molecule has 2 heterocycles. The molecule has 0 radical (unpaired) electrons. The summed E-state index contributed by atoms with van der Waals surface area (Å²) in [6, 6.07) is 3.45. The first-order chi connectivity index (χ1) is 8.52. The van der Waals surface area contributed by atoms with Crippen molar-refractivity contribution in [2.24, 2.45) is 0 Å². The Kier molecular flexibility index (Phi) is 3.47. The average Bonchev–Trinajstić information content (AvgIpc) is 2.38. The quantitative estimate of drug-likeness (QED) is 0.783. The van der Waals surface area contributed by atoms with Crippen molar-refractivity contribution in [3.8, 4) is 0 Å². The van der Waals surface area contributed by atoms with Crippen molar-refractivity contribution in [2.75, 3.05) is 25.0 Å². The van der Waals surface area contributed by atoms with Crippen molar-refractivity contribution in [3.63, 3.8) is 0 Å². The minimum atomic E-state index is -0.577. The Morgan fingerprint density at radius 1 is 1.39 bits per heavy atom. The zero-order valence-electron chi connectivity index (χ0n) is 10.7. The van der Waals surface area contributed by atoms with E-state index in [1.165, 1.54) is 0 Å². The van der Waals surface area contributed by atoms with Crippen molar-refractivity contribution in [2.45, 2.75) is 25.4 Å². The second-order valence-electron chi connectivity index (χ2n) is 4.84. The van der Waals surface area contributed by atoms with Crippen LogP contribution >= 0.6 is 0 Å². The van der Waals surface area contributed by atoms with Crippen LogP contribution in [0.15, 0.2) is 12.1 Å². The summed E-state index contributed by atoms with van der Waals surface area (Å²) < 4.78 is 0. The van der Waals surface area contributed by atoms with Crippen molar-refractivity contribution in [1.29, 1.82) is 0 Å². The highest BCUT2D eigenvalue weighted by molar-refractivity contribution is 5.91. The van der Waals surface area contributed by atoms with Crippen molar-refractivity contribution in [1.82, 2.24) is 15.5 Å². The molecule has 6 heteroatoms. The predicted molar refractivity (Wildman–Crippen MR) is 67.5 cm³/mol. The van der Waals surface area contributed by atoms with Gasteiger partial charge >= 0.3 is 0 Å². The number of hydrogen-bond acceptors (Lipinski definition) is 5. The summed E-state index contributed by atoms with van der Waals surface area (Å²) in [5.41, 5.74) is -0.267.